The Morgan fingerprint density at radius 2 is 2.00 bits per heavy atom. The summed E-state index contributed by atoms with van der Waals surface area (Å²) in [5.41, 5.74) is -2.28. The smallest absolute Gasteiger partial charge is 0.356 e. The standard InChI is InChI=1S/C23H20F5N7O2/c1-9(4-29-10(2)36)17-20(25)19(23(26,27)28)18(12-5-31-34-21(12)17)14-7-35-8-15(32-16(35)6-30-14)33-22(37)11-3-13(11)24/h5-9,11,13H,3-4H2,1-2H3,(H,29,36)(H,31,34)(H,33,37). The van der Waals surface area contributed by atoms with Crippen LogP contribution in [-0.2, 0) is 15.8 Å². The molecule has 3 unspecified atom stereocenters. The van der Waals surface area contributed by atoms with Gasteiger partial charge in [0, 0.05) is 42.1 Å². The summed E-state index contributed by atoms with van der Waals surface area (Å²) in [6.45, 7) is 2.65. The van der Waals surface area contributed by atoms with Crippen molar-refractivity contribution in [3.63, 3.8) is 0 Å². The first-order valence-corrected chi connectivity index (χ1v) is 11.3. The first-order chi connectivity index (χ1) is 17.5. The summed E-state index contributed by atoms with van der Waals surface area (Å²) in [6.07, 6.45) is -1.28. The Bertz CT molecular complexity index is 1540. The predicted molar refractivity (Wildman–Crippen MR) is 122 cm³/mol. The number of H-pyrrole nitrogens is 1. The van der Waals surface area contributed by atoms with E-state index in [1.165, 1.54) is 36.8 Å². The summed E-state index contributed by atoms with van der Waals surface area (Å²) < 4.78 is 73.0. The summed E-state index contributed by atoms with van der Waals surface area (Å²) >= 11 is 0. The number of anilines is 1. The maximum Gasteiger partial charge on any atom is 0.419 e. The summed E-state index contributed by atoms with van der Waals surface area (Å²) in [4.78, 5) is 31.5. The molecule has 1 saturated carbocycles. The molecule has 0 radical (unpaired) electrons. The summed E-state index contributed by atoms with van der Waals surface area (Å²) in [7, 11) is 0. The molecule has 1 fully saturated rings. The topological polar surface area (TPSA) is 117 Å². The Kier molecular flexibility index (Phi) is 5.83. The van der Waals surface area contributed by atoms with Crippen LogP contribution in [0.4, 0.5) is 27.8 Å². The van der Waals surface area contributed by atoms with E-state index < -0.39 is 52.9 Å². The van der Waals surface area contributed by atoms with Crippen LogP contribution >= 0.6 is 0 Å². The molecule has 1 aromatic carbocycles. The van der Waals surface area contributed by atoms with E-state index in [4.69, 9.17) is 0 Å². The van der Waals surface area contributed by atoms with Crippen LogP contribution in [0.5, 0.6) is 0 Å². The summed E-state index contributed by atoms with van der Waals surface area (Å²) in [6, 6.07) is 0. The SMILES string of the molecule is CC(=O)NCC(C)c1c(F)c(C(F)(F)F)c(-c2cn3cc(NC(=O)C4CC4F)nc3cn2)c2cn[nH]c12. The number of amides is 2. The Labute approximate surface area is 205 Å². The molecule has 3 N–H and O–H groups in total. The fourth-order valence-corrected chi connectivity index (χ4v) is 4.31. The van der Waals surface area contributed by atoms with E-state index in [0.29, 0.717) is 0 Å². The van der Waals surface area contributed by atoms with Crippen LogP contribution < -0.4 is 10.6 Å². The van der Waals surface area contributed by atoms with Crippen molar-refractivity contribution in [3.05, 3.63) is 41.7 Å². The van der Waals surface area contributed by atoms with Crippen LogP contribution in [-0.4, -0.2) is 49.1 Å². The van der Waals surface area contributed by atoms with Crippen molar-refractivity contribution in [1.82, 2.24) is 29.9 Å². The van der Waals surface area contributed by atoms with E-state index in [1.807, 2.05) is 0 Å². The number of rotatable bonds is 6. The van der Waals surface area contributed by atoms with Crippen LogP contribution in [0.3, 0.4) is 0 Å². The molecule has 37 heavy (non-hydrogen) atoms. The predicted octanol–water partition coefficient (Wildman–Crippen LogP) is 3.97. The van der Waals surface area contributed by atoms with Gasteiger partial charge >= 0.3 is 6.18 Å². The molecular weight excluding hydrogens is 501 g/mol. The zero-order chi connectivity index (χ0) is 26.6. The van der Waals surface area contributed by atoms with Gasteiger partial charge in [0.05, 0.1) is 35.7 Å². The van der Waals surface area contributed by atoms with E-state index in [-0.39, 0.29) is 46.6 Å². The quantitative estimate of drug-likeness (QED) is 0.332. The number of benzene rings is 1. The average Bonchev–Trinajstić information content (AvgIpc) is 3.18. The number of aromatic nitrogens is 5. The zero-order valence-electron chi connectivity index (χ0n) is 19.5. The minimum Gasteiger partial charge on any atom is -0.356 e. The van der Waals surface area contributed by atoms with Crippen molar-refractivity contribution < 1.29 is 31.5 Å². The lowest BCUT2D eigenvalue weighted by Crippen LogP contribution is -2.26. The molecule has 14 heteroatoms. The number of aromatic amines is 1. The van der Waals surface area contributed by atoms with Crippen LogP contribution in [0.1, 0.15) is 37.3 Å². The normalized spacial score (nSPS) is 18.2. The molecule has 0 bridgehead atoms. The van der Waals surface area contributed by atoms with Crippen molar-refractivity contribution in [2.45, 2.75) is 38.5 Å². The molecule has 1 aliphatic rings. The number of hydrogen-bond acceptors (Lipinski definition) is 5. The number of halogens is 5. The summed E-state index contributed by atoms with van der Waals surface area (Å²) in [5.74, 6) is -3.95. The van der Waals surface area contributed by atoms with Gasteiger partial charge in [-0.05, 0) is 6.42 Å². The van der Waals surface area contributed by atoms with Crippen molar-refractivity contribution >= 4 is 34.2 Å². The largest absolute Gasteiger partial charge is 0.419 e. The molecule has 5 rings (SSSR count). The first-order valence-electron chi connectivity index (χ1n) is 11.3. The van der Waals surface area contributed by atoms with E-state index in [0.717, 1.165) is 6.20 Å². The Balaban J connectivity index is 1.63. The van der Waals surface area contributed by atoms with Gasteiger partial charge in [-0.2, -0.15) is 18.3 Å². The Morgan fingerprint density at radius 1 is 1.27 bits per heavy atom. The number of carbonyl (C=O) groups excluding carboxylic acids is 2. The number of fused-ring (bicyclic) bond motifs is 2. The van der Waals surface area contributed by atoms with Crippen molar-refractivity contribution in [2.75, 3.05) is 11.9 Å². The van der Waals surface area contributed by atoms with Gasteiger partial charge in [0.1, 0.15) is 17.6 Å². The van der Waals surface area contributed by atoms with Crippen LogP contribution in [0.25, 0.3) is 27.8 Å². The van der Waals surface area contributed by atoms with Gasteiger partial charge in [0.25, 0.3) is 0 Å². The van der Waals surface area contributed by atoms with Crippen LogP contribution in [0, 0.1) is 11.7 Å². The minimum absolute atomic E-state index is 0.0124. The average molecular weight is 521 g/mol. The van der Waals surface area contributed by atoms with Crippen molar-refractivity contribution in [3.8, 4) is 11.3 Å². The highest BCUT2D eigenvalue weighted by Gasteiger charge is 2.44. The monoisotopic (exact) mass is 521 g/mol. The fourth-order valence-electron chi connectivity index (χ4n) is 4.31. The molecule has 0 spiro atoms. The molecule has 0 saturated heterocycles. The molecule has 3 atom stereocenters. The molecule has 9 nitrogen and oxygen atoms in total. The van der Waals surface area contributed by atoms with Gasteiger partial charge in [-0.3, -0.25) is 19.7 Å². The second-order valence-electron chi connectivity index (χ2n) is 8.98. The molecule has 1 aliphatic carbocycles. The first kappa shape index (κ1) is 24.6. The number of imidazole rings is 1. The van der Waals surface area contributed by atoms with Crippen LogP contribution in [0.2, 0.25) is 0 Å². The van der Waals surface area contributed by atoms with E-state index >= 15 is 4.39 Å². The number of carbonyl (C=O) groups is 2. The third kappa shape index (κ3) is 4.47. The fraction of sp³-hybridized carbons (Fsp3) is 0.348. The van der Waals surface area contributed by atoms with Crippen LogP contribution in [0.15, 0.2) is 24.8 Å². The number of hydrogen-bond donors (Lipinski definition) is 3. The molecule has 3 heterocycles. The lowest BCUT2D eigenvalue weighted by atomic mass is 9.90. The summed E-state index contributed by atoms with van der Waals surface area (Å²) in [5, 5.41) is 11.4. The maximum atomic E-state index is 15.7. The van der Waals surface area contributed by atoms with E-state index in [9.17, 15) is 27.2 Å². The molecule has 0 aliphatic heterocycles. The third-order valence-electron chi connectivity index (χ3n) is 6.22. The molecule has 194 valence electrons. The lowest BCUT2D eigenvalue weighted by Gasteiger charge is -2.21. The van der Waals surface area contributed by atoms with Crippen molar-refractivity contribution in [1.29, 1.82) is 0 Å². The Hall–Kier alpha value is -4.10. The second-order valence-corrected chi connectivity index (χ2v) is 8.98. The van der Waals surface area contributed by atoms with Gasteiger partial charge in [-0.25, -0.2) is 13.8 Å². The molecule has 3 aromatic heterocycles. The highest BCUT2D eigenvalue weighted by molar-refractivity contribution is 5.98. The Morgan fingerprint density at radius 3 is 2.65 bits per heavy atom. The lowest BCUT2D eigenvalue weighted by molar-refractivity contribution is -0.139. The molecule has 2 amide bonds. The highest BCUT2D eigenvalue weighted by atomic mass is 19.4. The second kappa shape index (κ2) is 8.78. The van der Waals surface area contributed by atoms with E-state index in [1.54, 1.807) is 0 Å². The highest BCUT2D eigenvalue weighted by Crippen LogP contribution is 2.45. The van der Waals surface area contributed by atoms with Gasteiger partial charge in [0.2, 0.25) is 11.8 Å². The van der Waals surface area contributed by atoms with E-state index in [2.05, 4.69) is 30.8 Å². The molecular formula is C23H20F5N7O2. The maximum absolute atomic E-state index is 15.7. The minimum atomic E-state index is -5.09. The number of nitrogens with one attached hydrogen (secondary N) is 3. The number of nitrogens with zero attached hydrogens (tertiary/aromatic N) is 4. The van der Waals surface area contributed by atoms with Gasteiger partial charge < -0.3 is 15.0 Å². The zero-order valence-corrected chi connectivity index (χ0v) is 19.5. The number of alkyl halides is 4. The van der Waals surface area contributed by atoms with Gasteiger partial charge in [-0.15, -0.1) is 0 Å². The van der Waals surface area contributed by atoms with Gasteiger partial charge in [-0.1, -0.05) is 6.92 Å². The van der Waals surface area contributed by atoms with Gasteiger partial charge in [0.15, 0.2) is 11.5 Å². The molecule has 4 aromatic rings. The third-order valence-corrected chi connectivity index (χ3v) is 6.22. The van der Waals surface area contributed by atoms with Crippen molar-refractivity contribution in [2.24, 2.45) is 5.92 Å².